The van der Waals surface area contributed by atoms with Gasteiger partial charge in [0.2, 0.25) is 0 Å². The van der Waals surface area contributed by atoms with Crippen LogP contribution < -0.4 is 0 Å². The van der Waals surface area contributed by atoms with Crippen LogP contribution in [-0.4, -0.2) is 38.2 Å². The van der Waals surface area contributed by atoms with Crippen molar-refractivity contribution in [2.75, 3.05) is 20.3 Å². The fraction of sp³-hybridized carbons (Fsp3) is 0.778. The van der Waals surface area contributed by atoms with Crippen LogP contribution in [0.5, 0.6) is 0 Å². The third-order valence-corrected chi connectivity index (χ3v) is 3.94. The third kappa shape index (κ3) is 8.31. The van der Waals surface area contributed by atoms with Crippen molar-refractivity contribution in [3.8, 4) is 0 Å². The van der Waals surface area contributed by atoms with E-state index >= 15 is 0 Å². The summed E-state index contributed by atoms with van der Waals surface area (Å²) in [4.78, 5) is 35.2. The van der Waals surface area contributed by atoms with Gasteiger partial charge in [0.15, 0.2) is 0 Å². The van der Waals surface area contributed by atoms with Crippen LogP contribution in [0.1, 0.15) is 65.2 Å². The van der Waals surface area contributed by atoms with E-state index in [4.69, 9.17) is 14.2 Å². The Hall–Kier alpha value is -1.59. The number of esters is 3. The Bertz CT molecular complexity index is 393. The molecule has 0 fully saturated rings. The molecule has 0 aliphatic rings. The largest absolute Gasteiger partial charge is 0.469 e. The van der Waals surface area contributed by atoms with Crippen molar-refractivity contribution < 1.29 is 28.6 Å². The minimum absolute atomic E-state index is 0.255. The SMILES string of the molecule is [CH2]CC(CCCC(=O)OCC)(CCCC(=O)OCCC)C(=O)OC. The lowest BCUT2D eigenvalue weighted by Crippen LogP contribution is -2.32. The summed E-state index contributed by atoms with van der Waals surface area (Å²) < 4.78 is 14.9. The van der Waals surface area contributed by atoms with E-state index in [1.54, 1.807) is 6.92 Å². The Morgan fingerprint density at radius 1 is 0.958 bits per heavy atom. The second-order valence-electron chi connectivity index (χ2n) is 5.75. The normalized spacial score (nSPS) is 13.0. The van der Waals surface area contributed by atoms with Crippen LogP contribution in [0.3, 0.4) is 0 Å². The molecule has 0 N–H and O–H groups in total. The number of carbonyl (C=O) groups is 3. The summed E-state index contributed by atoms with van der Waals surface area (Å²) >= 11 is 0. The lowest BCUT2D eigenvalue weighted by atomic mass is 9.76. The fourth-order valence-electron chi connectivity index (χ4n) is 2.56. The van der Waals surface area contributed by atoms with Crippen molar-refractivity contribution in [1.82, 2.24) is 0 Å². The van der Waals surface area contributed by atoms with Gasteiger partial charge >= 0.3 is 17.9 Å². The zero-order valence-electron chi connectivity index (χ0n) is 15.2. The van der Waals surface area contributed by atoms with Gasteiger partial charge < -0.3 is 14.2 Å². The Morgan fingerprint density at radius 2 is 1.50 bits per heavy atom. The molecule has 1 radical (unpaired) electrons. The van der Waals surface area contributed by atoms with Gasteiger partial charge in [-0.25, -0.2) is 0 Å². The molecule has 0 saturated carbocycles. The highest BCUT2D eigenvalue weighted by Gasteiger charge is 2.37. The van der Waals surface area contributed by atoms with Gasteiger partial charge in [-0.3, -0.25) is 14.4 Å². The van der Waals surface area contributed by atoms with Crippen LogP contribution in [0.4, 0.5) is 0 Å². The van der Waals surface area contributed by atoms with Crippen LogP contribution in [0.15, 0.2) is 0 Å². The fourth-order valence-corrected chi connectivity index (χ4v) is 2.56. The van der Waals surface area contributed by atoms with E-state index in [0.29, 0.717) is 45.3 Å². The molecule has 0 aliphatic heterocycles. The first kappa shape index (κ1) is 22.4. The van der Waals surface area contributed by atoms with Gasteiger partial charge in [-0.05, 0) is 45.4 Å². The molecule has 0 heterocycles. The van der Waals surface area contributed by atoms with Crippen LogP contribution in [0, 0.1) is 12.3 Å². The monoisotopic (exact) mass is 343 g/mol. The quantitative estimate of drug-likeness (QED) is 0.377. The highest BCUT2D eigenvalue weighted by Crippen LogP contribution is 2.36. The first-order chi connectivity index (χ1) is 11.5. The highest BCUT2D eigenvalue weighted by molar-refractivity contribution is 5.77. The Balaban J connectivity index is 4.57. The predicted octanol–water partition coefficient (Wildman–Crippen LogP) is 3.23. The van der Waals surface area contributed by atoms with Gasteiger partial charge in [0.25, 0.3) is 0 Å². The number of rotatable bonds is 13. The van der Waals surface area contributed by atoms with Crippen molar-refractivity contribution >= 4 is 17.9 Å². The van der Waals surface area contributed by atoms with Crippen LogP contribution in [-0.2, 0) is 28.6 Å². The third-order valence-electron chi connectivity index (χ3n) is 3.94. The molecule has 0 aromatic rings. The molecular formula is C18H31O6. The molecule has 0 amide bonds. The van der Waals surface area contributed by atoms with E-state index in [1.807, 2.05) is 6.92 Å². The molecule has 0 saturated heterocycles. The first-order valence-electron chi connectivity index (χ1n) is 8.64. The summed E-state index contributed by atoms with van der Waals surface area (Å²) in [5, 5.41) is 0. The first-order valence-corrected chi connectivity index (χ1v) is 8.64. The molecule has 0 rings (SSSR count). The van der Waals surface area contributed by atoms with Crippen molar-refractivity contribution in [2.24, 2.45) is 5.41 Å². The summed E-state index contributed by atoms with van der Waals surface area (Å²) in [6.07, 6.45) is 3.65. The topological polar surface area (TPSA) is 78.9 Å². The van der Waals surface area contributed by atoms with Gasteiger partial charge in [-0.15, -0.1) is 0 Å². The van der Waals surface area contributed by atoms with E-state index in [0.717, 1.165) is 6.42 Å². The Labute approximate surface area is 145 Å². The van der Waals surface area contributed by atoms with E-state index in [-0.39, 0.29) is 30.7 Å². The lowest BCUT2D eigenvalue weighted by Gasteiger charge is -2.29. The van der Waals surface area contributed by atoms with E-state index in [1.165, 1.54) is 7.11 Å². The van der Waals surface area contributed by atoms with Gasteiger partial charge in [0.05, 0.1) is 25.7 Å². The smallest absolute Gasteiger partial charge is 0.311 e. The zero-order valence-corrected chi connectivity index (χ0v) is 15.2. The maximum absolute atomic E-state index is 12.2. The standard InChI is InChI=1S/C18H31O6/c1-5-14-24-16(20)11-9-13-18(6-2,17(21)22-4)12-8-10-15(19)23-7-3/h2,5-14H2,1,3-4H3. The van der Waals surface area contributed by atoms with E-state index in [2.05, 4.69) is 6.92 Å². The molecule has 6 heteroatoms. The van der Waals surface area contributed by atoms with Gasteiger partial charge in [-0.1, -0.05) is 13.8 Å². The number of carbonyl (C=O) groups excluding carboxylic acids is 3. The highest BCUT2D eigenvalue weighted by atomic mass is 16.5. The molecule has 0 aromatic heterocycles. The number of ether oxygens (including phenoxy) is 3. The average molecular weight is 343 g/mol. The van der Waals surface area contributed by atoms with Crippen molar-refractivity contribution in [2.45, 2.75) is 65.2 Å². The lowest BCUT2D eigenvalue weighted by molar-refractivity contribution is -0.155. The van der Waals surface area contributed by atoms with Gasteiger partial charge in [0.1, 0.15) is 0 Å². The molecule has 1 unspecified atom stereocenters. The predicted molar refractivity (Wildman–Crippen MR) is 90.0 cm³/mol. The molecule has 0 aromatic carbocycles. The van der Waals surface area contributed by atoms with Gasteiger partial charge in [-0.2, -0.15) is 0 Å². The summed E-state index contributed by atoms with van der Waals surface area (Å²) in [6.45, 7) is 8.32. The van der Waals surface area contributed by atoms with Crippen LogP contribution in [0.25, 0.3) is 0 Å². The van der Waals surface area contributed by atoms with Crippen molar-refractivity contribution in [3.05, 3.63) is 6.92 Å². The molecule has 6 nitrogen and oxygen atoms in total. The summed E-state index contributed by atoms with van der Waals surface area (Å²) in [5.74, 6) is -0.877. The van der Waals surface area contributed by atoms with E-state index in [9.17, 15) is 14.4 Å². The minimum Gasteiger partial charge on any atom is -0.469 e. The summed E-state index contributed by atoms with van der Waals surface area (Å²) in [5.41, 5.74) is -0.772. The maximum Gasteiger partial charge on any atom is 0.311 e. The summed E-state index contributed by atoms with van der Waals surface area (Å²) in [6, 6.07) is 0. The van der Waals surface area contributed by atoms with Crippen LogP contribution in [0.2, 0.25) is 0 Å². The molecule has 139 valence electrons. The molecule has 0 bridgehead atoms. The molecule has 0 aliphatic carbocycles. The summed E-state index contributed by atoms with van der Waals surface area (Å²) in [7, 11) is 1.34. The Morgan fingerprint density at radius 3 is 1.92 bits per heavy atom. The van der Waals surface area contributed by atoms with Gasteiger partial charge in [0, 0.05) is 12.8 Å². The second kappa shape index (κ2) is 12.8. The van der Waals surface area contributed by atoms with Crippen LogP contribution >= 0.6 is 0 Å². The minimum atomic E-state index is -0.772. The molecule has 1 atom stereocenters. The number of hydrogen-bond donors (Lipinski definition) is 0. The Kier molecular flexibility index (Phi) is 11.9. The molecule has 24 heavy (non-hydrogen) atoms. The number of methoxy groups -OCH3 is 1. The van der Waals surface area contributed by atoms with Crippen molar-refractivity contribution in [3.63, 3.8) is 0 Å². The van der Waals surface area contributed by atoms with E-state index < -0.39 is 5.41 Å². The second-order valence-corrected chi connectivity index (χ2v) is 5.75. The van der Waals surface area contributed by atoms with Crippen molar-refractivity contribution in [1.29, 1.82) is 0 Å². The zero-order chi connectivity index (χ0) is 18.4. The maximum atomic E-state index is 12.2. The molecule has 0 spiro atoms. The molecular weight excluding hydrogens is 312 g/mol. The number of hydrogen-bond acceptors (Lipinski definition) is 6. The average Bonchev–Trinajstić information content (AvgIpc) is 2.58.